The molecule has 0 saturated carbocycles. The molecule has 25 heavy (non-hydrogen) atoms. The molecule has 4 nitrogen and oxygen atoms in total. The average Bonchev–Trinajstić information content (AvgIpc) is 2.59. The van der Waals surface area contributed by atoms with Gasteiger partial charge in [0, 0.05) is 12.1 Å². The highest BCUT2D eigenvalue weighted by Gasteiger charge is 2.07. The van der Waals surface area contributed by atoms with E-state index < -0.39 is 6.61 Å². The van der Waals surface area contributed by atoms with Gasteiger partial charge in [0.15, 0.2) is 0 Å². The Balaban J connectivity index is 1.85. The molecule has 6 heteroatoms. The SMILES string of the molecule is CC(C)OCc1ccc(C(=O)NCc2ccc(OC(F)F)cc2)cc1. The van der Waals surface area contributed by atoms with E-state index in [2.05, 4.69) is 10.1 Å². The van der Waals surface area contributed by atoms with Crippen LogP contribution in [0.15, 0.2) is 48.5 Å². The minimum atomic E-state index is -2.85. The Kier molecular flexibility index (Phi) is 6.89. The van der Waals surface area contributed by atoms with E-state index in [0.717, 1.165) is 11.1 Å². The van der Waals surface area contributed by atoms with Crippen LogP contribution in [0.25, 0.3) is 0 Å². The number of alkyl halides is 2. The molecular weight excluding hydrogens is 328 g/mol. The number of carbonyl (C=O) groups is 1. The highest BCUT2D eigenvalue weighted by molar-refractivity contribution is 5.94. The molecule has 0 aliphatic heterocycles. The predicted octanol–water partition coefficient (Wildman–Crippen LogP) is 4.14. The van der Waals surface area contributed by atoms with E-state index in [1.807, 2.05) is 26.0 Å². The van der Waals surface area contributed by atoms with Gasteiger partial charge in [0.2, 0.25) is 0 Å². The van der Waals surface area contributed by atoms with Crippen LogP contribution in [0.1, 0.15) is 35.3 Å². The van der Waals surface area contributed by atoms with E-state index in [4.69, 9.17) is 4.74 Å². The minimum Gasteiger partial charge on any atom is -0.435 e. The van der Waals surface area contributed by atoms with Crippen LogP contribution in [0.3, 0.4) is 0 Å². The Hall–Kier alpha value is -2.47. The Bertz CT molecular complexity index is 670. The molecule has 0 aliphatic carbocycles. The van der Waals surface area contributed by atoms with Crippen molar-refractivity contribution >= 4 is 5.91 Å². The van der Waals surface area contributed by atoms with Crippen molar-refractivity contribution in [2.45, 2.75) is 39.7 Å². The molecule has 2 aromatic carbocycles. The van der Waals surface area contributed by atoms with Crippen LogP contribution in [-0.2, 0) is 17.9 Å². The van der Waals surface area contributed by atoms with Crippen LogP contribution in [0, 0.1) is 0 Å². The van der Waals surface area contributed by atoms with E-state index in [1.165, 1.54) is 12.1 Å². The van der Waals surface area contributed by atoms with Crippen molar-refractivity contribution < 1.29 is 23.0 Å². The first-order valence-electron chi connectivity index (χ1n) is 7.96. The molecule has 0 radical (unpaired) electrons. The summed E-state index contributed by atoms with van der Waals surface area (Å²) in [5.41, 5.74) is 2.34. The van der Waals surface area contributed by atoms with Gasteiger partial charge in [-0.15, -0.1) is 0 Å². The summed E-state index contributed by atoms with van der Waals surface area (Å²) in [6.45, 7) is 1.89. The molecule has 0 fully saturated rings. The maximum absolute atomic E-state index is 12.1. The second kappa shape index (κ2) is 9.13. The number of halogens is 2. The highest BCUT2D eigenvalue weighted by atomic mass is 19.3. The fourth-order valence-corrected chi connectivity index (χ4v) is 2.09. The quantitative estimate of drug-likeness (QED) is 0.779. The zero-order valence-electron chi connectivity index (χ0n) is 14.2. The molecule has 0 spiro atoms. The van der Waals surface area contributed by atoms with Crippen LogP contribution in [0.5, 0.6) is 5.75 Å². The van der Waals surface area contributed by atoms with Crippen molar-refractivity contribution in [3.05, 3.63) is 65.2 Å². The lowest BCUT2D eigenvalue weighted by Gasteiger charge is -2.09. The molecule has 1 amide bonds. The topological polar surface area (TPSA) is 47.6 Å². The third-order valence-corrected chi connectivity index (χ3v) is 3.40. The smallest absolute Gasteiger partial charge is 0.387 e. The predicted molar refractivity (Wildman–Crippen MR) is 90.6 cm³/mol. The number of nitrogens with one attached hydrogen (secondary N) is 1. The van der Waals surface area contributed by atoms with Gasteiger partial charge in [0.1, 0.15) is 5.75 Å². The fraction of sp³-hybridized carbons (Fsp3) is 0.316. The highest BCUT2D eigenvalue weighted by Crippen LogP contribution is 2.15. The Labute approximate surface area is 145 Å². The van der Waals surface area contributed by atoms with Crippen molar-refractivity contribution in [2.24, 2.45) is 0 Å². The van der Waals surface area contributed by atoms with Gasteiger partial charge in [-0.2, -0.15) is 8.78 Å². The first kappa shape index (κ1) is 18.9. The summed E-state index contributed by atoms with van der Waals surface area (Å²) in [5.74, 6) is -0.117. The van der Waals surface area contributed by atoms with Crippen molar-refractivity contribution in [1.29, 1.82) is 0 Å². The van der Waals surface area contributed by atoms with Crippen molar-refractivity contribution in [2.75, 3.05) is 0 Å². The lowest BCUT2D eigenvalue weighted by Crippen LogP contribution is -2.22. The van der Waals surface area contributed by atoms with Gasteiger partial charge in [-0.25, -0.2) is 0 Å². The minimum absolute atomic E-state index is 0.0873. The molecule has 0 heterocycles. The summed E-state index contributed by atoms with van der Waals surface area (Å²) in [5, 5.41) is 2.79. The number of benzene rings is 2. The summed E-state index contributed by atoms with van der Waals surface area (Å²) >= 11 is 0. The number of hydrogen-bond donors (Lipinski definition) is 1. The number of hydrogen-bond acceptors (Lipinski definition) is 3. The van der Waals surface area contributed by atoms with E-state index in [-0.39, 0.29) is 17.8 Å². The fourth-order valence-electron chi connectivity index (χ4n) is 2.09. The standard InChI is InChI=1S/C19H21F2NO3/c1-13(2)24-12-15-3-7-16(8-4-15)18(23)22-11-14-5-9-17(10-6-14)25-19(20)21/h3-10,13,19H,11-12H2,1-2H3,(H,22,23). The number of rotatable bonds is 8. The molecule has 2 aromatic rings. The number of amides is 1. The zero-order chi connectivity index (χ0) is 18.2. The van der Waals surface area contributed by atoms with Crippen LogP contribution in [0.2, 0.25) is 0 Å². The van der Waals surface area contributed by atoms with Gasteiger partial charge in [0.05, 0.1) is 12.7 Å². The monoisotopic (exact) mass is 349 g/mol. The number of carbonyl (C=O) groups excluding carboxylic acids is 1. The molecule has 0 aromatic heterocycles. The summed E-state index contributed by atoms with van der Waals surface area (Å²) in [6, 6.07) is 13.3. The Morgan fingerprint density at radius 1 is 1.00 bits per heavy atom. The van der Waals surface area contributed by atoms with Gasteiger partial charge in [-0.05, 0) is 49.2 Å². The van der Waals surface area contributed by atoms with E-state index in [1.54, 1.807) is 24.3 Å². The maximum atomic E-state index is 12.1. The van der Waals surface area contributed by atoms with Gasteiger partial charge in [-0.1, -0.05) is 24.3 Å². The van der Waals surface area contributed by atoms with E-state index >= 15 is 0 Å². The molecule has 0 atom stereocenters. The molecule has 1 N–H and O–H groups in total. The number of ether oxygens (including phenoxy) is 2. The van der Waals surface area contributed by atoms with Gasteiger partial charge in [-0.3, -0.25) is 4.79 Å². The maximum Gasteiger partial charge on any atom is 0.387 e. The second-order valence-electron chi connectivity index (χ2n) is 5.76. The summed E-state index contributed by atoms with van der Waals surface area (Å²) in [7, 11) is 0. The van der Waals surface area contributed by atoms with Gasteiger partial charge < -0.3 is 14.8 Å². The summed E-state index contributed by atoms with van der Waals surface area (Å²) < 4.78 is 34.0. The van der Waals surface area contributed by atoms with E-state index in [0.29, 0.717) is 18.7 Å². The van der Waals surface area contributed by atoms with Crippen LogP contribution in [-0.4, -0.2) is 18.6 Å². The Morgan fingerprint density at radius 2 is 1.60 bits per heavy atom. The largest absolute Gasteiger partial charge is 0.435 e. The zero-order valence-corrected chi connectivity index (χ0v) is 14.2. The molecule has 0 saturated heterocycles. The van der Waals surface area contributed by atoms with Crippen LogP contribution < -0.4 is 10.1 Å². The van der Waals surface area contributed by atoms with Crippen molar-refractivity contribution in [3.8, 4) is 5.75 Å². The van der Waals surface area contributed by atoms with E-state index in [9.17, 15) is 13.6 Å². The lowest BCUT2D eigenvalue weighted by molar-refractivity contribution is -0.0498. The molecule has 0 aliphatic rings. The molecule has 2 rings (SSSR count). The first-order valence-corrected chi connectivity index (χ1v) is 7.96. The third kappa shape index (κ3) is 6.51. The third-order valence-electron chi connectivity index (χ3n) is 3.40. The van der Waals surface area contributed by atoms with Crippen LogP contribution >= 0.6 is 0 Å². The summed E-state index contributed by atoms with van der Waals surface area (Å²) in [6.07, 6.45) is 0.153. The second-order valence-corrected chi connectivity index (χ2v) is 5.76. The normalized spacial score (nSPS) is 11.0. The Morgan fingerprint density at radius 3 is 2.16 bits per heavy atom. The first-order chi connectivity index (χ1) is 11.9. The van der Waals surface area contributed by atoms with Crippen LogP contribution in [0.4, 0.5) is 8.78 Å². The molecule has 134 valence electrons. The summed E-state index contributed by atoms with van der Waals surface area (Å²) in [4.78, 5) is 12.1. The lowest BCUT2D eigenvalue weighted by atomic mass is 10.1. The van der Waals surface area contributed by atoms with Gasteiger partial charge >= 0.3 is 6.61 Å². The van der Waals surface area contributed by atoms with Gasteiger partial charge in [0.25, 0.3) is 5.91 Å². The average molecular weight is 349 g/mol. The van der Waals surface area contributed by atoms with Crippen molar-refractivity contribution in [1.82, 2.24) is 5.32 Å². The van der Waals surface area contributed by atoms with Crippen molar-refractivity contribution in [3.63, 3.8) is 0 Å². The molecule has 0 unspecified atom stereocenters. The molecule has 0 bridgehead atoms. The molecular formula is C19H21F2NO3.